The van der Waals surface area contributed by atoms with E-state index in [1.54, 1.807) is 11.3 Å². The third-order valence-electron chi connectivity index (χ3n) is 9.46. The Hall–Kier alpha value is -4.50. The maximum absolute atomic E-state index is 5.02. The van der Waals surface area contributed by atoms with Gasteiger partial charge in [0.1, 0.15) is 4.83 Å². The van der Waals surface area contributed by atoms with Crippen LogP contribution in [-0.2, 0) is 20.1 Å². The van der Waals surface area contributed by atoms with Crippen LogP contribution in [-0.4, -0.2) is 32.8 Å². The van der Waals surface area contributed by atoms with Gasteiger partial charge in [0.05, 0.1) is 16.9 Å². The Bertz CT molecular complexity index is 2900. The molecule has 261 valence electrons. The van der Waals surface area contributed by atoms with E-state index in [4.69, 9.17) is 15.0 Å². The van der Waals surface area contributed by atoms with E-state index in [0.29, 0.717) is 0 Å². The van der Waals surface area contributed by atoms with Gasteiger partial charge in [-0.3, -0.25) is 4.98 Å². The van der Waals surface area contributed by atoms with Gasteiger partial charge in [0.2, 0.25) is 0 Å². The number of aryl methyl sites for hydroxylation is 1. The molecule has 0 unspecified atom stereocenters. The number of thiophene rings is 2. The molecular formula is C45H34GeIrN4S2-2. The first kappa shape index (κ1) is 35.5. The minimum atomic E-state index is -1.81. The summed E-state index contributed by atoms with van der Waals surface area (Å²) in [4.78, 5) is 15.6. The van der Waals surface area contributed by atoms with Crippen molar-refractivity contribution < 1.29 is 20.1 Å². The summed E-state index contributed by atoms with van der Waals surface area (Å²) in [5, 5.41) is 5.02. The van der Waals surface area contributed by atoms with E-state index in [2.05, 4.69) is 143 Å². The van der Waals surface area contributed by atoms with Crippen molar-refractivity contribution >= 4 is 91.8 Å². The summed E-state index contributed by atoms with van der Waals surface area (Å²) in [5.41, 5.74) is 7.36. The predicted molar refractivity (Wildman–Crippen MR) is 225 cm³/mol. The van der Waals surface area contributed by atoms with Gasteiger partial charge in [-0.1, -0.05) is 47.3 Å². The molecule has 0 aliphatic rings. The Morgan fingerprint density at radius 2 is 1.32 bits per heavy atom. The van der Waals surface area contributed by atoms with Crippen molar-refractivity contribution in [3.8, 4) is 28.3 Å². The Morgan fingerprint density at radius 1 is 0.623 bits per heavy atom. The van der Waals surface area contributed by atoms with E-state index in [9.17, 15) is 0 Å². The van der Waals surface area contributed by atoms with Gasteiger partial charge in [-0.25, -0.2) is 4.98 Å². The van der Waals surface area contributed by atoms with Crippen LogP contribution in [0.15, 0.2) is 134 Å². The average molecular weight is 960 g/mol. The fraction of sp³-hybridized carbons (Fsp3) is 0.0889. The molecule has 10 aromatic rings. The minimum absolute atomic E-state index is 0. The van der Waals surface area contributed by atoms with Crippen molar-refractivity contribution in [2.24, 2.45) is 0 Å². The van der Waals surface area contributed by atoms with Gasteiger partial charge in [0.25, 0.3) is 0 Å². The Balaban J connectivity index is 0.000000152. The first-order valence-electron chi connectivity index (χ1n) is 17.4. The smallest absolute Gasteiger partial charge is 0 e. The van der Waals surface area contributed by atoms with E-state index in [-0.39, 0.29) is 20.1 Å². The zero-order valence-electron chi connectivity index (χ0n) is 29.6. The van der Waals surface area contributed by atoms with Gasteiger partial charge in [-0.2, -0.15) is 11.3 Å². The van der Waals surface area contributed by atoms with E-state index in [0.717, 1.165) is 49.9 Å². The van der Waals surface area contributed by atoms with Gasteiger partial charge < -0.3 is 4.57 Å². The van der Waals surface area contributed by atoms with Crippen LogP contribution < -0.4 is 4.40 Å². The number of benzene rings is 5. The van der Waals surface area contributed by atoms with Crippen LogP contribution in [0.2, 0.25) is 17.3 Å². The van der Waals surface area contributed by atoms with Crippen molar-refractivity contribution in [3.05, 3.63) is 151 Å². The molecule has 5 aromatic heterocycles. The standard InChI is InChI=1S/C25H16N3S.C20H18GeNS.Ir/c1-16-14-15-19-18-10-7-11-20(23(18)29-25(19)26-16)24-27-21-12-5-6-13-22(21)28(24)17-8-3-2-4-9-17;1-21(2,3)14-11-12-18(22-13-14)17-9-6-8-16-15-7-4-5-10-19(15)23-20(16)17;/h2-10,12-15H,1H3;4-8,10-13H,1-3H3;/q2*-1;. The molecule has 5 heterocycles. The molecule has 0 bridgehead atoms. The number of rotatable bonds is 4. The van der Waals surface area contributed by atoms with Gasteiger partial charge in [-0.05, 0) is 47.3 Å². The second-order valence-corrected chi connectivity index (χ2v) is 26.7. The monoisotopic (exact) mass is 961 g/mol. The van der Waals surface area contributed by atoms with Crippen LogP contribution in [0.25, 0.3) is 79.8 Å². The normalized spacial score (nSPS) is 11.6. The summed E-state index contributed by atoms with van der Waals surface area (Å²) in [6.45, 7) is 2.03. The average Bonchev–Trinajstić information content (AvgIpc) is 3.86. The molecule has 0 amide bonds. The SMILES string of the molecule is Cc1ccc2c(n1)sc1c(-c3nc4ccccc4n3-c3ccccc3)[c-]ccc12.[CH3][Ge]([CH3])([CH3])[c]1ccc(-c2[c-]ccc3c2sc2ccccc23)nc1.[Ir]. The number of hydrogen-bond donors (Lipinski definition) is 0. The van der Waals surface area contributed by atoms with Gasteiger partial charge in [-0.15, -0.1) is 18.2 Å². The molecule has 4 nitrogen and oxygen atoms in total. The summed E-state index contributed by atoms with van der Waals surface area (Å²) >= 11 is 1.74. The minimum Gasteiger partial charge on any atom is 0 e. The Labute approximate surface area is 332 Å². The molecule has 0 spiro atoms. The molecule has 0 saturated heterocycles. The van der Waals surface area contributed by atoms with Crippen LogP contribution >= 0.6 is 22.7 Å². The van der Waals surface area contributed by atoms with Crippen LogP contribution in [0.5, 0.6) is 0 Å². The van der Waals surface area contributed by atoms with Crippen molar-refractivity contribution in [1.29, 1.82) is 0 Å². The van der Waals surface area contributed by atoms with E-state index in [1.165, 1.54) is 40.0 Å². The number of nitrogens with zero attached hydrogens (tertiary/aromatic N) is 4. The molecule has 0 atom stereocenters. The first-order chi connectivity index (χ1) is 25.3. The van der Waals surface area contributed by atoms with Crippen LogP contribution in [0.1, 0.15) is 5.69 Å². The van der Waals surface area contributed by atoms with E-state index >= 15 is 0 Å². The number of hydrogen-bond acceptors (Lipinski definition) is 5. The number of para-hydroxylation sites is 3. The van der Waals surface area contributed by atoms with Gasteiger partial charge in [0, 0.05) is 31.5 Å². The predicted octanol–water partition coefficient (Wildman–Crippen LogP) is 12.0. The molecule has 10 rings (SSSR count). The molecule has 1 radical (unpaired) electrons. The van der Waals surface area contributed by atoms with Crippen LogP contribution in [0, 0.1) is 19.1 Å². The maximum Gasteiger partial charge on any atom is 0 e. The fourth-order valence-electron chi connectivity index (χ4n) is 6.78. The summed E-state index contributed by atoms with van der Waals surface area (Å²) in [6.07, 6.45) is 2.08. The Kier molecular flexibility index (Phi) is 9.64. The fourth-order valence-corrected chi connectivity index (χ4v) is 11.4. The van der Waals surface area contributed by atoms with Gasteiger partial charge >= 0.3 is 143 Å². The first-order valence-corrected chi connectivity index (χ1v) is 26.3. The Morgan fingerprint density at radius 3 is 2.09 bits per heavy atom. The summed E-state index contributed by atoms with van der Waals surface area (Å²) < 4.78 is 7.45. The zero-order valence-corrected chi connectivity index (χ0v) is 35.8. The van der Waals surface area contributed by atoms with Crippen LogP contribution in [0.3, 0.4) is 0 Å². The van der Waals surface area contributed by atoms with E-state index < -0.39 is 13.3 Å². The maximum atomic E-state index is 5.02. The van der Waals surface area contributed by atoms with Crippen LogP contribution in [0.4, 0.5) is 0 Å². The number of imidazole rings is 1. The van der Waals surface area contributed by atoms with Crippen molar-refractivity contribution in [2.45, 2.75) is 24.2 Å². The quantitative estimate of drug-likeness (QED) is 0.130. The molecule has 0 aliphatic carbocycles. The largest absolute Gasteiger partial charge is 0 e. The molecule has 0 fully saturated rings. The third-order valence-corrected chi connectivity index (χ3v) is 16.1. The molecule has 5 aromatic carbocycles. The molecule has 0 saturated carbocycles. The summed E-state index contributed by atoms with van der Waals surface area (Å²) in [7, 11) is 0. The number of fused-ring (bicyclic) bond motifs is 7. The molecular weight excluding hydrogens is 925 g/mol. The number of pyridine rings is 2. The summed E-state index contributed by atoms with van der Waals surface area (Å²) in [5.74, 6) is 8.10. The topological polar surface area (TPSA) is 43.6 Å². The van der Waals surface area contributed by atoms with Crippen molar-refractivity contribution in [2.75, 3.05) is 0 Å². The second-order valence-electron chi connectivity index (χ2n) is 14.0. The van der Waals surface area contributed by atoms with Gasteiger partial charge in [0.15, 0.2) is 0 Å². The number of aromatic nitrogens is 4. The zero-order chi connectivity index (χ0) is 35.4. The third kappa shape index (κ3) is 6.55. The molecule has 0 aliphatic heterocycles. The summed E-state index contributed by atoms with van der Waals surface area (Å²) in [6, 6.07) is 51.1. The second kappa shape index (κ2) is 14.4. The van der Waals surface area contributed by atoms with Crippen molar-refractivity contribution in [3.63, 3.8) is 0 Å². The van der Waals surface area contributed by atoms with E-state index in [1.807, 2.05) is 42.5 Å². The molecule has 53 heavy (non-hydrogen) atoms. The molecule has 8 heteroatoms. The van der Waals surface area contributed by atoms with Crippen molar-refractivity contribution in [1.82, 2.24) is 19.5 Å². The molecule has 0 N–H and O–H groups in total.